The number of hydrogen-bond donors (Lipinski definition) is 1. The van der Waals surface area contributed by atoms with Gasteiger partial charge in [0.1, 0.15) is 0 Å². The molecule has 1 aromatic rings. The first kappa shape index (κ1) is 14.8. The van der Waals surface area contributed by atoms with Gasteiger partial charge in [0.15, 0.2) is 9.84 Å². The van der Waals surface area contributed by atoms with Gasteiger partial charge in [0.25, 0.3) is 0 Å². The van der Waals surface area contributed by atoms with Crippen LogP contribution in [0.3, 0.4) is 0 Å². The molecular weight excluding hydrogens is 284 g/mol. The van der Waals surface area contributed by atoms with Crippen molar-refractivity contribution in [2.45, 2.75) is 30.3 Å². The fourth-order valence-electron chi connectivity index (χ4n) is 2.57. The number of sulfone groups is 1. The van der Waals surface area contributed by atoms with E-state index >= 15 is 0 Å². The van der Waals surface area contributed by atoms with Crippen molar-refractivity contribution >= 4 is 21.4 Å². The molecule has 6 heteroatoms. The van der Waals surface area contributed by atoms with Crippen LogP contribution in [-0.4, -0.2) is 38.2 Å². The predicted molar refractivity (Wildman–Crippen MR) is 77.1 cm³/mol. The highest BCUT2D eigenvalue weighted by molar-refractivity contribution is 7.91. The standard InChI is InChI=1S/C13H19ClN2O2S/c1-13(2,15)8-16(3)11-7-19(17,18)12-5-4-9(14)6-10(11)12/h4-6,11H,7-8,15H2,1-3H3. The summed E-state index contributed by atoms with van der Waals surface area (Å²) in [5.74, 6) is 0.0925. The monoisotopic (exact) mass is 302 g/mol. The minimum absolute atomic E-state index is 0.0925. The molecule has 4 nitrogen and oxygen atoms in total. The fraction of sp³-hybridized carbons (Fsp3) is 0.538. The number of rotatable bonds is 3. The van der Waals surface area contributed by atoms with Crippen LogP contribution in [0.5, 0.6) is 0 Å². The van der Waals surface area contributed by atoms with Crippen molar-refractivity contribution in [2.75, 3.05) is 19.3 Å². The van der Waals surface area contributed by atoms with Gasteiger partial charge >= 0.3 is 0 Å². The normalized spacial score (nSPS) is 21.7. The zero-order chi connectivity index (χ0) is 14.4. The molecule has 0 saturated carbocycles. The molecule has 19 heavy (non-hydrogen) atoms. The van der Waals surface area contributed by atoms with Gasteiger partial charge in [0.05, 0.1) is 16.7 Å². The van der Waals surface area contributed by atoms with E-state index in [9.17, 15) is 8.42 Å². The maximum absolute atomic E-state index is 12.1. The maximum Gasteiger partial charge on any atom is 0.180 e. The van der Waals surface area contributed by atoms with Gasteiger partial charge in [0.2, 0.25) is 0 Å². The van der Waals surface area contributed by atoms with Gasteiger partial charge in [-0.2, -0.15) is 0 Å². The molecule has 0 bridgehead atoms. The zero-order valence-electron chi connectivity index (χ0n) is 11.4. The smallest absolute Gasteiger partial charge is 0.180 e. The first-order valence-electron chi connectivity index (χ1n) is 6.11. The quantitative estimate of drug-likeness (QED) is 0.925. The first-order chi connectivity index (χ1) is 8.60. The predicted octanol–water partition coefficient (Wildman–Crippen LogP) is 1.84. The second kappa shape index (κ2) is 4.74. The van der Waals surface area contributed by atoms with E-state index in [4.69, 9.17) is 17.3 Å². The lowest BCUT2D eigenvalue weighted by Crippen LogP contribution is -2.45. The van der Waals surface area contributed by atoms with Gasteiger partial charge in [-0.05, 0) is 44.7 Å². The highest BCUT2D eigenvalue weighted by atomic mass is 35.5. The number of fused-ring (bicyclic) bond motifs is 1. The third-order valence-electron chi connectivity index (χ3n) is 3.23. The number of halogens is 1. The molecule has 1 aliphatic heterocycles. The van der Waals surface area contributed by atoms with E-state index in [1.165, 1.54) is 0 Å². The van der Waals surface area contributed by atoms with Gasteiger partial charge in [-0.3, -0.25) is 4.90 Å². The molecule has 0 fully saturated rings. The van der Waals surface area contributed by atoms with E-state index in [2.05, 4.69) is 0 Å². The Balaban J connectivity index is 2.39. The Labute approximate surface area is 119 Å². The van der Waals surface area contributed by atoms with Gasteiger partial charge in [-0.25, -0.2) is 8.42 Å². The van der Waals surface area contributed by atoms with Crippen molar-refractivity contribution < 1.29 is 8.42 Å². The molecule has 1 unspecified atom stereocenters. The summed E-state index contributed by atoms with van der Waals surface area (Å²) >= 11 is 5.98. The van der Waals surface area contributed by atoms with Crippen LogP contribution in [0.15, 0.2) is 23.1 Å². The largest absolute Gasteiger partial charge is 0.324 e. The SMILES string of the molecule is CN(CC(C)(C)N)C1CS(=O)(=O)c2ccc(Cl)cc21. The molecule has 1 aromatic carbocycles. The van der Waals surface area contributed by atoms with Crippen LogP contribution in [0.4, 0.5) is 0 Å². The number of nitrogens with zero attached hydrogens (tertiary/aromatic N) is 1. The summed E-state index contributed by atoms with van der Waals surface area (Å²) in [4.78, 5) is 2.38. The lowest BCUT2D eigenvalue weighted by atomic mass is 10.0. The average Bonchev–Trinajstić information content (AvgIpc) is 2.48. The van der Waals surface area contributed by atoms with Crippen molar-refractivity contribution in [1.82, 2.24) is 4.90 Å². The van der Waals surface area contributed by atoms with Crippen LogP contribution >= 0.6 is 11.6 Å². The summed E-state index contributed by atoms with van der Waals surface area (Å²) in [5.41, 5.74) is 6.41. The van der Waals surface area contributed by atoms with E-state index in [-0.39, 0.29) is 17.3 Å². The van der Waals surface area contributed by atoms with Gasteiger partial charge < -0.3 is 5.73 Å². The summed E-state index contributed by atoms with van der Waals surface area (Å²) in [6, 6.07) is 4.77. The van der Waals surface area contributed by atoms with Crippen molar-refractivity contribution in [1.29, 1.82) is 0 Å². The van der Waals surface area contributed by atoms with E-state index < -0.39 is 9.84 Å². The molecular formula is C13H19ClN2O2S. The number of hydrogen-bond acceptors (Lipinski definition) is 4. The Hall–Kier alpha value is -0.620. The molecule has 1 atom stereocenters. The van der Waals surface area contributed by atoms with Gasteiger partial charge in [-0.15, -0.1) is 0 Å². The molecule has 0 spiro atoms. The van der Waals surface area contributed by atoms with Crippen LogP contribution in [0.2, 0.25) is 5.02 Å². The fourth-order valence-corrected chi connectivity index (χ4v) is 4.61. The Morgan fingerprint density at radius 1 is 1.47 bits per heavy atom. The zero-order valence-corrected chi connectivity index (χ0v) is 12.9. The van der Waals surface area contributed by atoms with Crippen LogP contribution in [0, 0.1) is 0 Å². The van der Waals surface area contributed by atoms with Crippen molar-refractivity contribution in [3.8, 4) is 0 Å². The second-order valence-corrected chi connectivity index (χ2v) is 8.32. The lowest BCUT2D eigenvalue weighted by molar-refractivity contribution is 0.218. The van der Waals surface area contributed by atoms with Crippen LogP contribution in [0.25, 0.3) is 0 Å². The molecule has 0 aliphatic carbocycles. The molecule has 1 heterocycles. The highest BCUT2D eigenvalue weighted by Gasteiger charge is 2.37. The number of benzene rings is 1. The topological polar surface area (TPSA) is 63.4 Å². The molecule has 0 amide bonds. The van der Waals surface area contributed by atoms with E-state index in [1.54, 1.807) is 18.2 Å². The average molecular weight is 303 g/mol. The molecule has 0 radical (unpaired) electrons. The summed E-state index contributed by atoms with van der Waals surface area (Å²) in [7, 11) is -1.32. The van der Waals surface area contributed by atoms with Crippen molar-refractivity contribution in [3.05, 3.63) is 28.8 Å². The number of likely N-dealkylation sites (N-methyl/N-ethyl adjacent to an activating group) is 1. The molecule has 106 valence electrons. The Morgan fingerprint density at radius 2 is 2.11 bits per heavy atom. The van der Waals surface area contributed by atoms with Crippen LogP contribution in [-0.2, 0) is 9.84 Å². The Morgan fingerprint density at radius 3 is 2.68 bits per heavy atom. The van der Waals surface area contributed by atoms with Gasteiger partial charge in [0, 0.05) is 17.1 Å². The summed E-state index contributed by atoms with van der Waals surface area (Å²) in [5, 5.41) is 0.557. The maximum atomic E-state index is 12.1. The Kier molecular flexibility index (Phi) is 3.68. The van der Waals surface area contributed by atoms with Crippen LogP contribution in [0.1, 0.15) is 25.5 Å². The lowest BCUT2D eigenvalue weighted by Gasteiger charge is -2.31. The molecule has 2 rings (SSSR count). The second-order valence-electron chi connectivity index (χ2n) is 5.88. The molecule has 0 saturated heterocycles. The first-order valence-corrected chi connectivity index (χ1v) is 8.14. The third-order valence-corrected chi connectivity index (χ3v) is 5.26. The summed E-state index contributed by atoms with van der Waals surface area (Å²) in [6.45, 7) is 4.46. The molecule has 0 aromatic heterocycles. The van der Waals surface area contributed by atoms with Gasteiger partial charge in [-0.1, -0.05) is 11.6 Å². The van der Waals surface area contributed by atoms with Crippen molar-refractivity contribution in [3.63, 3.8) is 0 Å². The third kappa shape index (κ3) is 3.11. The van der Waals surface area contributed by atoms with E-state index in [1.807, 2.05) is 25.8 Å². The van der Waals surface area contributed by atoms with E-state index in [0.29, 0.717) is 16.5 Å². The minimum atomic E-state index is -3.21. The van der Waals surface area contributed by atoms with Crippen LogP contribution < -0.4 is 5.73 Å². The summed E-state index contributed by atoms with van der Waals surface area (Å²) in [6.07, 6.45) is 0. The Bertz CT molecular complexity index is 593. The molecule has 2 N–H and O–H groups in total. The minimum Gasteiger partial charge on any atom is -0.324 e. The number of nitrogens with two attached hydrogens (primary N) is 1. The highest BCUT2D eigenvalue weighted by Crippen LogP contribution is 2.38. The molecule has 1 aliphatic rings. The van der Waals surface area contributed by atoms with Crippen molar-refractivity contribution in [2.24, 2.45) is 5.73 Å². The van der Waals surface area contributed by atoms with E-state index in [0.717, 1.165) is 5.56 Å². The summed E-state index contributed by atoms with van der Waals surface area (Å²) < 4.78 is 24.3.